The van der Waals surface area contributed by atoms with Gasteiger partial charge in [-0.15, -0.1) is 11.3 Å². The van der Waals surface area contributed by atoms with E-state index < -0.39 is 16.0 Å². The standard InChI is InChI=1S/C16H14N2O4S2/c1-9-6-14(23-15(9)16(19)20)24(21,22)18-13-5-3-11-7-10(8-17)2-4-12(11)13/h2,4,6-7,13,18H,3,5H2,1H3,(H,19,20). The molecule has 0 bridgehead atoms. The highest BCUT2D eigenvalue weighted by Gasteiger charge is 2.29. The van der Waals surface area contributed by atoms with Crippen LogP contribution in [-0.2, 0) is 16.4 Å². The van der Waals surface area contributed by atoms with Gasteiger partial charge in [0.25, 0.3) is 10.0 Å². The highest BCUT2D eigenvalue weighted by molar-refractivity contribution is 7.91. The Labute approximate surface area is 143 Å². The number of nitrogens with one attached hydrogen (secondary N) is 1. The van der Waals surface area contributed by atoms with Gasteiger partial charge in [0.05, 0.1) is 11.6 Å². The maximum atomic E-state index is 12.6. The lowest BCUT2D eigenvalue weighted by molar-refractivity contribution is 0.0701. The molecule has 124 valence electrons. The highest BCUT2D eigenvalue weighted by atomic mass is 32.2. The number of nitriles is 1. The van der Waals surface area contributed by atoms with Gasteiger partial charge in [0.2, 0.25) is 0 Å². The van der Waals surface area contributed by atoms with Crippen molar-refractivity contribution >= 4 is 27.3 Å². The maximum absolute atomic E-state index is 12.6. The molecule has 8 heteroatoms. The van der Waals surface area contributed by atoms with E-state index in [1.54, 1.807) is 25.1 Å². The van der Waals surface area contributed by atoms with E-state index in [2.05, 4.69) is 10.8 Å². The number of benzene rings is 1. The Morgan fingerprint density at radius 2 is 2.17 bits per heavy atom. The molecular weight excluding hydrogens is 348 g/mol. The first-order chi connectivity index (χ1) is 11.3. The molecule has 0 saturated heterocycles. The molecule has 1 aromatic carbocycles. The molecule has 0 radical (unpaired) electrons. The number of thiophene rings is 1. The molecule has 3 rings (SSSR count). The molecule has 1 aliphatic carbocycles. The van der Waals surface area contributed by atoms with E-state index in [0.29, 0.717) is 24.0 Å². The number of aryl methyl sites for hydroxylation is 2. The smallest absolute Gasteiger partial charge is 0.346 e. The fourth-order valence-corrected chi connectivity index (χ4v) is 5.50. The van der Waals surface area contributed by atoms with Crippen molar-refractivity contribution in [3.8, 4) is 6.07 Å². The third-order valence-electron chi connectivity index (χ3n) is 4.00. The first-order valence-corrected chi connectivity index (χ1v) is 9.51. The van der Waals surface area contributed by atoms with Crippen molar-refractivity contribution in [2.75, 3.05) is 0 Å². The summed E-state index contributed by atoms with van der Waals surface area (Å²) in [5.74, 6) is -1.13. The number of carboxylic acids is 1. The Morgan fingerprint density at radius 1 is 1.42 bits per heavy atom. The number of sulfonamides is 1. The Balaban J connectivity index is 1.89. The van der Waals surface area contributed by atoms with Crippen molar-refractivity contribution in [2.45, 2.75) is 30.0 Å². The minimum atomic E-state index is -3.80. The Morgan fingerprint density at radius 3 is 2.79 bits per heavy atom. The van der Waals surface area contributed by atoms with E-state index in [4.69, 9.17) is 10.4 Å². The Hall–Kier alpha value is -2.21. The molecule has 0 amide bonds. The van der Waals surface area contributed by atoms with Crippen molar-refractivity contribution in [3.05, 3.63) is 51.4 Å². The zero-order valence-corrected chi connectivity index (χ0v) is 14.4. The van der Waals surface area contributed by atoms with Crippen molar-refractivity contribution in [2.24, 2.45) is 0 Å². The average Bonchev–Trinajstić information content (AvgIpc) is 3.11. The van der Waals surface area contributed by atoms with E-state index >= 15 is 0 Å². The second kappa shape index (κ2) is 6.02. The molecule has 1 aliphatic rings. The summed E-state index contributed by atoms with van der Waals surface area (Å²) in [7, 11) is -3.80. The van der Waals surface area contributed by atoms with Crippen LogP contribution in [0.25, 0.3) is 0 Å². The Bertz CT molecular complexity index is 970. The Kier molecular flexibility index (Phi) is 4.17. The number of hydrogen-bond donors (Lipinski definition) is 2. The van der Waals surface area contributed by atoms with Gasteiger partial charge in [0, 0.05) is 6.04 Å². The minimum Gasteiger partial charge on any atom is -0.477 e. The van der Waals surface area contributed by atoms with Gasteiger partial charge in [0.15, 0.2) is 0 Å². The van der Waals surface area contributed by atoms with Crippen LogP contribution >= 0.6 is 11.3 Å². The third kappa shape index (κ3) is 2.94. The molecule has 1 aromatic heterocycles. The third-order valence-corrected chi connectivity index (χ3v) is 7.17. The van der Waals surface area contributed by atoms with Gasteiger partial charge >= 0.3 is 5.97 Å². The second-order valence-corrected chi connectivity index (χ2v) is 8.61. The lowest BCUT2D eigenvalue weighted by atomic mass is 10.1. The molecule has 1 unspecified atom stereocenters. The molecule has 24 heavy (non-hydrogen) atoms. The highest BCUT2D eigenvalue weighted by Crippen LogP contribution is 2.34. The summed E-state index contributed by atoms with van der Waals surface area (Å²) >= 11 is 0.752. The monoisotopic (exact) mass is 362 g/mol. The SMILES string of the molecule is Cc1cc(S(=O)(=O)NC2CCc3cc(C#N)ccc32)sc1C(=O)O. The van der Waals surface area contributed by atoms with Crippen LogP contribution in [0.3, 0.4) is 0 Å². The quantitative estimate of drug-likeness (QED) is 0.869. The second-order valence-electron chi connectivity index (χ2n) is 5.62. The van der Waals surface area contributed by atoms with Crippen LogP contribution in [0.2, 0.25) is 0 Å². The van der Waals surface area contributed by atoms with Crippen LogP contribution in [0.15, 0.2) is 28.5 Å². The van der Waals surface area contributed by atoms with Crippen LogP contribution in [0.1, 0.15) is 44.4 Å². The van der Waals surface area contributed by atoms with E-state index in [0.717, 1.165) is 22.5 Å². The van der Waals surface area contributed by atoms with Gasteiger partial charge < -0.3 is 5.11 Å². The molecule has 2 aromatic rings. The summed E-state index contributed by atoms with van der Waals surface area (Å²) in [4.78, 5) is 11.1. The van der Waals surface area contributed by atoms with Crippen molar-refractivity contribution < 1.29 is 18.3 Å². The molecular formula is C16H14N2O4S2. The zero-order chi connectivity index (χ0) is 17.5. The van der Waals surface area contributed by atoms with E-state index in [1.165, 1.54) is 6.07 Å². The topological polar surface area (TPSA) is 107 Å². The number of hydrogen-bond acceptors (Lipinski definition) is 5. The average molecular weight is 362 g/mol. The molecule has 1 heterocycles. The number of rotatable bonds is 4. The van der Waals surface area contributed by atoms with Crippen LogP contribution in [0.4, 0.5) is 0 Å². The lowest BCUT2D eigenvalue weighted by Crippen LogP contribution is -2.26. The van der Waals surface area contributed by atoms with E-state index in [1.807, 2.05) is 0 Å². The van der Waals surface area contributed by atoms with Gasteiger partial charge in [-0.05, 0) is 54.7 Å². The molecule has 0 saturated carbocycles. The normalized spacial score (nSPS) is 16.6. The summed E-state index contributed by atoms with van der Waals surface area (Å²) in [5, 5.41) is 18.0. The summed E-state index contributed by atoms with van der Waals surface area (Å²) in [6, 6.07) is 8.31. The molecule has 6 nitrogen and oxygen atoms in total. The molecule has 1 atom stereocenters. The summed E-state index contributed by atoms with van der Waals surface area (Å²) in [5.41, 5.74) is 2.82. The lowest BCUT2D eigenvalue weighted by Gasteiger charge is -2.13. The predicted molar refractivity (Wildman–Crippen MR) is 88.6 cm³/mol. The largest absolute Gasteiger partial charge is 0.477 e. The number of fused-ring (bicyclic) bond motifs is 1. The molecule has 2 N–H and O–H groups in total. The molecule has 0 spiro atoms. The number of nitrogens with zero attached hydrogens (tertiary/aromatic N) is 1. The van der Waals surface area contributed by atoms with Crippen LogP contribution < -0.4 is 4.72 Å². The predicted octanol–water partition coefficient (Wildman–Crippen LogP) is 2.59. The van der Waals surface area contributed by atoms with Crippen molar-refractivity contribution in [1.29, 1.82) is 5.26 Å². The van der Waals surface area contributed by atoms with Crippen molar-refractivity contribution in [3.63, 3.8) is 0 Å². The molecule has 0 fully saturated rings. The first kappa shape index (κ1) is 16.6. The molecule has 0 aliphatic heterocycles. The number of carboxylic acid groups (broad SMARTS) is 1. The summed E-state index contributed by atoms with van der Waals surface area (Å²) in [6.45, 7) is 1.58. The zero-order valence-electron chi connectivity index (χ0n) is 12.7. The number of aromatic carboxylic acids is 1. The van der Waals surface area contributed by atoms with Gasteiger partial charge in [-0.25, -0.2) is 17.9 Å². The summed E-state index contributed by atoms with van der Waals surface area (Å²) in [6.07, 6.45) is 1.31. The minimum absolute atomic E-state index is 0.000468. The number of carbonyl (C=O) groups is 1. The van der Waals surface area contributed by atoms with Gasteiger partial charge in [0.1, 0.15) is 9.09 Å². The van der Waals surface area contributed by atoms with Gasteiger partial charge in [-0.3, -0.25) is 0 Å². The van der Waals surface area contributed by atoms with Crippen LogP contribution in [0, 0.1) is 18.3 Å². The van der Waals surface area contributed by atoms with Crippen molar-refractivity contribution in [1.82, 2.24) is 4.72 Å². The maximum Gasteiger partial charge on any atom is 0.346 e. The first-order valence-electron chi connectivity index (χ1n) is 7.21. The van der Waals surface area contributed by atoms with Gasteiger partial charge in [-0.2, -0.15) is 5.26 Å². The fraction of sp³-hybridized carbons (Fsp3) is 0.250. The van der Waals surface area contributed by atoms with Gasteiger partial charge in [-0.1, -0.05) is 6.07 Å². The van der Waals surface area contributed by atoms with Crippen LogP contribution in [0.5, 0.6) is 0 Å². The summed E-state index contributed by atoms with van der Waals surface area (Å²) < 4.78 is 27.8. The van der Waals surface area contributed by atoms with Crippen LogP contribution in [-0.4, -0.2) is 19.5 Å². The van der Waals surface area contributed by atoms with E-state index in [9.17, 15) is 13.2 Å². The van der Waals surface area contributed by atoms with E-state index in [-0.39, 0.29) is 15.1 Å². The fourth-order valence-electron chi connectivity index (χ4n) is 2.85.